The number of nitrogens with zero attached hydrogens (tertiary/aromatic N) is 1. The second-order valence-corrected chi connectivity index (χ2v) is 6.16. The van der Waals surface area contributed by atoms with Gasteiger partial charge in [-0.1, -0.05) is 26.7 Å². The number of hydrogen-bond acceptors (Lipinski definition) is 2. The van der Waals surface area contributed by atoms with Crippen molar-refractivity contribution in [3.8, 4) is 0 Å². The molecule has 94 valence electrons. The molecular formula is C14H28N2. The molecule has 0 radical (unpaired) electrons. The van der Waals surface area contributed by atoms with E-state index in [-0.39, 0.29) is 0 Å². The average Bonchev–Trinajstić information content (AvgIpc) is 2.69. The topological polar surface area (TPSA) is 29.3 Å². The van der Waals surface area contributed by atoms with Crippen LogP contribution in [0.25, 0.3) is 0 Å². The highest BCUT2D eigenvalue weighted by molar-refractivity contribution is 4.93. The van der Waals surface area contributed by atoms with Crippen LogP contribution >= 0.6 is 0 Å². The van der Waals surface area contributed by atoms with Gasteiger partial charge in [0.1, 0.15) is 0 Å². The first-order chi connectivity index (χ1) is 7.72. The van der Waals surface area contributed by atoms with Crippen LogP contribution in [0.5, 0.6) is 0 Å². The van der Waals surface area contributed by atoms with Gasteiger partial charge in [0.25, 0.3) is 0 Å². The molecule has 2 rings (SSSR count). The molecule has 3 atom stereocenters. The first-order valence-electron chi connectivity index (χ1n) is 7.18. The van der Waals surface area contributed by atoms with Gasteiger partial charge in [0.2, 0.25) is 0 Å². The van der Waals surface area contributed by atoms with Crippen LogP contribution in [0.15, 0.2) is 0 Å². The van der Waals surface area contributed by atoms with Crippen molar-refractivity contribution in [2.24, 2.45) is 17.6 Å². The van der Waals surface area contributed by atoms with Crippen molar-refractivity contribution in [2.45, 2.75) is 64.5 Å². The standard InChI is InChI=1S/C14H28N2/c1-11(2)9-13(10-15)16-8-7-12-5-3-4-6-14(12)16/h11-14H,3-10,15H2,1-2H3. The molecule has 1 heterocycles. The molecule has 0 amide bonds. The summed E-state index contributed by atoms with van der Waals surface area (Å²) in [5, 5.41) is 0. The monoisotopic (exact) mass is 224 g/mol. The van der Waals surface area contributed by atoms with E-state index in [2.05, 4.69) is 18.7 Å². The summed E-state index contributed by atoms with van der Waals surface area (Å²) in [6.45, 7) is 6.79. The van der Waals surface area contributed by atoms with Crippen molar-refractivity contribution in [1.29, 1.82) is 0 Å². The summed E-state index contributed by atoms with van der Waals surface area (Å²) >= 11 is 0. The smallest absolute Gasteiger partial charge is 0.0223 e. The van der Waals surface area contributed by atoms with Gasteiger partial charge in [-0.15, -0.1) is 0 Å². The van der Waals surface area contributed by atoms with E-state index < -0.39 is 0 Å². The van der Waals surface area contributed by atoms with Crippen LogP contribution in [0.3, 0.4) is 0 Å². The summed E-state index contributed by atoms with van der Waals surface area (Å²) in [4.78, 5) is 2.75. The van der Waals surface area contributed by atoms with Crippen LogP contribution in [0.1, 0.15) is 52.4 Å². The van der Waals surface area contributed by atoms with Crippen LogP contribution in [-0.2, 0) is 0 Å². The number of nitrogens with two attached hydrogens (primary N) is 1. The van der Waals surface area contributed by atoms with Crippen molar-refractivity contribution in [3.05, 3.63) is 0 Å². The lowest BCUT2D eigenvalue weighted by Crippen LogP contribution is -2.46. The normalized spacial score (nSPS) is 33.0. The van der Waals surface area contributed by atoms with E-state index in [4.69, 9.17) is 5.73 Å². The molecule has 0 aromatic rings. The highest BCUT2D eigenvalue weighted by atomic mass is 15.2. The van der Waals surface area contributed by atoms with Crippen LogP contribution in [0.2, 0.25) is 0 Å². The first kappa shape index (κ1) is 12.4. The molecule has 2 heteroatoms. The first-order valence-corrected chi connectivity index (χ1v) is 7.18. The number of rotatable bonds is 4. The molecule has 0 aromatic heterocycles. The van der Waals surface area contributed by atoms with Gasteiger partial charge in [-0.05, 0) is 44.1 Å². The zero-order chi connectivity index (χ0) is 11.5. The van der Waals surface area contributed by atoms with E-state index in [0.717, 1.165) is 24.4 Å². The fourth-order valence-corrected chi connectivity index (χ4v) is 3.81. The van der Waals surface area contributed by atoms with E-state index in [1.165, 1.54) is 45.1 Å². The Morgan fingerprint density at radius 2 is 1.94 bits per heavy atom. The molecule has 1 aliphatic heterocycles. The number of hydrogen-bond donors (Lipinski definition) is 1. The molecule has 0 spiro atoms. The molecule has 16 heavy (non-hydrogen) atoms. The second-order valence-electron chi connectivity index (χ2n) is 6.16. The fraction of sp³-hybridized carbons (Fsp3) is 1.00. The Kier molecular flexibility index (Phi) is 4.26. The Morgan fingerprint density at radius 1 is 1.19 bits per heavy atom. The molecule has 2 N–H and O–H groups in total. The summed E-state index contributed by atoms with van der Waals surface area (Å²) in [5.74, 6) is 1.77. The molecule has 2 nitrogen and oxygen atoms in total. The minimum atomic E-state index is 0.646. The van der Waals surface area contributed by atoms with E-state index in [0.29, 0.717) is 6.04 Å². The highest BCUT2D eigenvalue weighted by Crippen LogP contribution is 2.37. The van der Waals surface area contributed by atoms with Crippen molar-refractivity contribution in [2.75, 3.05) is 13.1 Å². The lowest BCUT2D eigenvalue weighted by atomic mass is 9.84. The Morgan fingerprint density at radius 3 is 2.62 bits per heavy atom. The third-order valence-electron chi connectivity index (χ3n) is 4.54. The van der Waals surface area contributed by atoms with Crippen molar-refractivity contribution in [1.82, 2.24) is 4.90 Å². The Labute approximate surface area is 101 Å². The van der Waals surface area contributed by atoms with Gasteiger partial charge in [0.15, 0.2) is 0 Å². The van der Waals surface area contributed by atoms with Crippen molar-refractivity contribution in [3.63, 3.8) is 0 Å². The van der Waals surface area contributed by atoms with E-state index in [1.54, 1.807) is 0 Å². The van der Waals surface area contributed by atoms with Gasteiger partial charge in [-0.3, -0.25) is 4.90 Å². The maximum atomic E-state index is 5.98. The minimum absolute atomic E-state index is 0.646. The molecule has 0 bridgehead atoms. The van der Waals surface area contributed by atoms with E-state index >= 15 is 0 Å². The van der Waals surface area contributed by atoms with Gasteiger partial charge in [-0.25, -0.2) is 0 Å². The molecule has 1 aliphatic carbocycles. The molecule has 2 aliphatic rings. The predicted octanol–water partition coefficient (Wildman–Crippen LogP) is 2.62. The summed E-state index contributed by atoms with van der Waals surface area (Å²) in [6.07, 6.45) is 8.52. The second kappa shape index (κ2) is 5.50. The van der Waals surface area contributed by atoms with Crippen LogP contribution in [0, 0.1) is 11.8 Å². The summed E-state index contributed by atoms with van der Waals surface area (Å²) in [5.41, 5.74) is 5.98. The molecular weight excluding hydrogens is 196 g/mol. The lowest BCUT2D eigenvalue weighted by Gasteiger charge is -2.37. The quantitative estimate of drug-likeness (QED) is 0.795. The minimum Gasteiger partial charge on any atom is -0.329 e. The van der Waals surface area contributed by atoms with E-state index in [9.17, 15) is 0 Å². The maximum Gasteiger partial charge on any atom is 0.0223 e. The molecule has 1 saturated heterocycles. The zero-order valence-corrected chi connectivity index (χ0v) is 11.0. The summed E-state index contributed by atoms with van der Waals surface area (Å²) < 4.78 is 0. The van der Waals surface area contributed by atoms with E-state index in [1.807, 2.05) is 0 Å². The van der Waals surface area contributed by atoms with Gasteiger partial charge in [-0.2, -0.15) is 0 Å². The van der Waals surface area contributed by atoms with Gasteiger partial charge >= 0.3 is 0 Å². The maximum absolute atomic E-state index is 5.98. The van der Waals surface area contributed by atoms with Crippen LogP contribution in [-0.4, -0.2) is 30.1 Å². The van der Waals surface area contributed by atoms with Gasteiger partial charge < -0.3 is 5.73 Å². The molecule has 1 saturated carbocycles. The number of likely N-dealkylation sites (tertiary alicyclic amines) is 1. The lowest BCUT2D eigenvalue weighted by molar-refractivity contribution is 0.122. The Bertz CT molecular complexity index is 215. The van der Waals surface area contributed by atoms with Crippen molar-refractivity contribution >= 4 is 0 Å². The molecule has 3 unspecified atom stereocenters. The van der Waals surface area contributed by atoms with Crippen LogP contribution < -0.4 is 5.73 Å². The fourth-order valence-electron chi connectivity index (χ4n) is 3.81. The largest absolute Gasteiger partial charge is 0.329 e. The predicted molar refractivity (Wildman–Crippen MR) is 69.4 cm³/mol. The third-order valence-corrected chi connectivity index (χ3v) is 4.54. The number of fused-ring (bicyclic) bond motifs is 1. The van der Waals surface area contributed by atoms with Gasteiger partial charge in [0.05, 0.1) is 0 Å². The average molecular weight is 224 g/mol. The molecule has 2 fully saturated rings. The van der Waals surface area contributed by atoms with Crippen LogP contribution in [0.4, 0.5) is 0 Å². The highest BCUT2D eigenvalue weighted by Gasteiger charge is 2.38. The van der Waals surface area contributed by atoms with Gasteiger partial charge in [0, 0.05) is 18.6 Å². The van der Waals surface area contributed by atoms with Crippen molar-refractivity contribution < 1.29 is 0 Å². The SMILES string of the molecule is CC(C)CC(CN)N1CCC2CCCCC21. The Balaban J connectivity index is 1.96. The zero-order valence-electron chi connectivity index (χ0n) is 11.0. The molecule has 0 aromatic carbocycles. The summed E-state index contributed by atoms with van der Waals surface area (Å²) in [6, 6.07) is 1.52. The summed E-state index contributed by atoms with van der Waals surface area (Å²) in [7, 11) is 0. The Hall–Kier alpha value is -0.0800. The third kappa shape index (κ3) is 2.60.